The van der Waals surface area contributed by atoms with E-state index in [0.717, 1.165) is 26.9 Å². The fraction of sp³-hybridized carbons (Fsp3) is 0.118. The maximum absolute atomic E-state index is 5.29. The summed E-state index contributed by atoms with van der Waals surface area (Å²) in [5.41, 5.74) is 3.02. The van der Waals surface area contributed by atoms with E-state index in [1.54, 1.807) is 18.0 Å². The van der Waals surface area contributed by atoms with Gasteiger partial charge in [0.25, 0.3) is 0 Å². The second-order valence-electron chi connectivity index (χ2n) is 5.17. The van der Waals surface area contributed by atoms with Crippen LogP contribution in [-0.2, 0) is 0 Å². The molecule has 0 aliphatic heterocycles. The van der Waals surface area contributed by atoms with Crippen LogP contribution < -0.4 is 4.74 Å². The van der Waals surface area contributed by atoms with Gasteiger partial charge in [0.1, 0.15) is 5.75 Å². The zero-order valence-electron chi connectivity index (χ0n) is 13.2. The number of aryl methyl sites for hydroxylation is 1. The predicted molar refractivity (Wildman–Crippen MR) is 101 cm³/mol. The molecule has 0 radical (unpaired) electrons. The average molecular weight is 403 g/mol. The van der Waals surface area contributed by atoms with Crippen LogP contribution in [0, 0.1) is 11.7 Å². The van der Waals surface area contributed by atoms with Crippen LogP contribution in [0.4, 0.5) is 0 Å². The quantitative estimate of drug-likeness (QED) is 0.513. The third-order valence-corrected chi connectivity index (χ3v) is 4.31. The molecule has 7 heteroatoms. The van der Waals surface area contributed by atoms with E-state index in [1.165, 1.54) is 0 Å². The van der Waals surface area contributed by atoms with E-state index in [9.17, 15) is 0 Å². The number of aromatic nitrogens is 3. The molecule has 122 valence electrons. The number of benzene rings is 2. The molecule has 1 N–H and O–H groups in total. The molecule has 3 rings (SSSR count). The van der Waals surface area contributed by atoms with Gasteiger partial charge in [0.2, 0.25) is 4.77 Å². The molecule has 3 aromatic rings. The zero-order chi connectivity index (χ0) is 17.1. The van der Waals surface area contributed by atoms with E-state index in [-0.39, 0.29) is 0 Å². The Labute approximate surface area is 153 Å². The Morgan fingerprint density at radius 2 is 2.12 bits per heavy atom. The van der Waals surface area contributed by atoms with E-state index < -0.39 is 0 Å². The molecule has 0 bridgehead atoms. The van der Waals surface area contributed by atoms with Crippen molar-refractivity contribution in [3.8, 4) is 17.1 Å². The first-order chi connectivity index (χ1) is 11.6. The number of aromatic amines is 1. The Hall–Kier alpha value is -2.25. The molecule has 0 aliphatic carbocycles. The van der Waals surface area contributed by atoms with Gasteiger partial charge in [0, 0.05) is 5.56 Å². The maximum Gasteiger partial charge on any atom is 0.216 e. The first-order valence-corrected chi connectivity index (χ1v) is 8.41. The summed E-state index contributed by atoms with van der Waals surface area (Å²) >= 11 is 8.76. The van der Waals surface area contributed by atoms with Crippen molar-refractivity contribution in [2.24, 2.45) is 5.10 Å². The molecule has 0 amide bonds. The molecule has 0 unspecified atom stereocenters. The number of ether oxygens (including phenoxy) is 1. The van der Waals surface area contributed by atoms with Crippen molar-refractivity contribution in [2.75, 3.05) is 7.11 Å². The second kappa shape index (κ2) is 7.11. The van der Waals surface area contributed by atoms with Crippen LogP contribution in [0.3, 0.4) is 0 Å². The molecular formula is C17H15BrN4OS. The maximum atomic E-state index is 5.29. The van der Waals surface area contributed by atoms with Gasteiger partial charge in [-0.25, -0.2) is 5.10 Å². The van der Waals surface area contributed by atoms with E-state index in [0.29, 0.717) is 10.6 Å². The monoisotopic (exact) mass is 402 g/mol. The number of rotatable bonds is 4. The lowest BCUT2D eigenvalue weighted by Gasteiger charge is -2.04. The van der Waals surface area contributed by atoms with E-state index >= 15 is 0 Å². The minimum absolute atomic E-state index is 0.440. The van der Waals surface area contributed by atoms with Gasteiger partial charge in [-0.3, -0.25) is 0 Å². The summed E-state index contributed by atoms with van der Waals surface area (Å²) in [5, 5.41) is 11.6. The lowest BCUT2D eigenvalue weighted by atomic mass is 10.1. The number of methoxy groups -OCH3 is 1. The van der Waals surface area contributed by atoms with Gasteiger partial charge in [-0.1, -0.05) is 23.8 Å². The van der Waals surface area contributed by atoms with Crippen LogP contribution >= 0.6 is 28.1 Å². The van der Waals surface area contributed by atoms with Crippen molar-refractivity contribution in [1.82, 2.24) is 14.9 Å². The number of hydrogen-bond acceptors (Lipinski definition) is 4. The van der Waals surface area contributed by atoms with Gasteiger partial charge in [-0.15, -0.1) is 0 Å². The fourth-order valence-corrected chi connectivity index (χ4v) is 2.99. The van der Waals surface area contributed by atoms with E-state index in [2.05, 4.69) is 31.2 Å². The predicted octanol–water partition coefficient (Wildman–Crippen LogP) is 4.57. The van der Waals surface area contributed by atoms with Crippen molar-refractivity contribution < 1.29 is 4.74 Å². The van der Waals surface area contributed by atoms with Gasteiger partial charge in [0.15, 0.2) is 5.82 Å². The number of hydrogen-bond donors (Lipinski definition) is 1. The molecule has 0 aliphatic rings. The van der Waals surface area contributed by atoms with Gasteiger partial charge in [-0.2, -0.15) is 14.9 Å². The second-order valence-corrected chi connectivity index (χ2v) is 6.41. The van der Waals surface area contributed by atoms with Crippen molar-refractivity contribution >= 4 is 34.4 Å². The fourth-order valence-electron chi connectivity index (χ4n) is 2.26. The minimum Gasteiger partial charge on any atom is -0.496 e. The summed E-state index contributed by atoms with van der Waals surface area (Å²) in [6, 6.07) is 13.8. The van der Waals surface area contributed by atoms with Gasteiger partial charge in [-0.05, 0) is 64.9 Å². The van der Waals surface area contributed by atoms with Crippen LogP contribution in [0.25, 0.3) is 11.4 Å². The van der Waals surface area contributed by atoms with Crippen molar-refractivity contribution in [3.05, 3.63) is 62.8 Å². The van der Waals surface area contributed by atoms with Crippen LogP contribution in [0.2, 0.25) is 0 Å². The minimum atomic E-state index is 0.440. The first-order valence-electron chi connectivity index (χ1n) is 7.21. The summed E-state index contributed by atoms with van der Waals surface area (Å²) in [6.07, 6.45) is 1.73. The highest BCUT2D eigenvalue weighted by molar-refractivity contribution is 9.10. The highest BCUT2D eigenvalue weighted by Crippen LogP contribution is 2.25. The average Bonchev–Trinajstić information content (AvgIpc) is 2.94. The third-order valence-electron chi connectivity index (χ3n) is 3.42. The topological polar surface area (TPSA) is 55.2 Å². The Balaban J connectivity index is 1.97. The molecule has 0 saturated heterocycles. The Kier molecular flexibility index (Phi) is 4.92. The highest BCUT2D eigenvalue weighted by Gasteiger charge is 2.08. The molecular weight excluding hydrogens is 388 g/mol. The number of nitrogens with one attached hydrogen (secondary N) is 1. The Bertz CT molecular complexity index is 961. The molecule has 0 fully saturated rings. The molecule has 2 aromatic carbocycles. The molecule has 5 nitrogen and oxygen atoms in total. The van der Waals surface area contributed by atoms with Crippen LogP contribution in [0.1, 0.15) is 11.1 Å². The number of H-pyrrole nitrogens is 1. The first kappa shape index (κ1) is 16.6. The van der Waals surface area contributed by atoms with Gasteiger partial charge >= 0.3 is 0 Å². The normalized spacial score (nSPS) is 11.1. The van der Waals surface area contributed by atoms with Crippen LogP contribution in [-0.4, -0.2) is 28.2 Å². The lowest BCUT2D eigenvalue weighted by Crippen LogP contribution is -1.95. The highest BCUT2D eigenvalue weighted by atomic mass is 79.9. The SMILES string of the molecule is COc1ccc(C=Nn2c(-c3cccc(C)c3)n[nH]c2=S)cc1Br. The molecule has 1 aromatic heterocycles. The summed E-state index contributed by atoms with van der Waals surface area (Å²) < 4.78 is 8.15. The number of halogens is 1. The summed E-state index contributed by atoms with van der Waals surface area (Å²) in [6.45, 7) is 2.03. The van der Waals surface area contributed by atoms with E-state index in [1.807, 2.05) is 49.4 Å². The summed E-state index contributed by atoms with van der Waals surface area (Å²) in [7, 11) is 1.63. The molecule has 0 saturated carbocycles. The zero-order valence-corrected chi connectivity index (χ0v) is 15.6. The number of nitrogens with zero attached hydrogens (tertiary/aromatic N) is 3. The molecule has 1 heterocycles. The van der Waals surface area contributed by atoms with Crippen molar-refractivity contribution in [1.29, 1.82) is 0 Å². The lowest BCUT2D eigenvalue weighted by molar-refractivity contribution is 0.412. The summed E-state index contributed by atoms with van der Waals surface area (Å²) in [5.74, 6) is 1.44. The Morgan fingerprint density at radius 1 is 1.29 bits per heavy atom. The third kappa shape index (κ3) is 3.47. The Morgan fingerprint density at radius 3 is 2.83 bits per heavy atom. The van der Waals surface area contributed by atoms with E-state index in [4.69, 9.17) is 17.0 Å². The van der Waals surface area contributed by atoms with Crippen LogP contribution in [0.5, 0.6) is 5.75 Å². The smallest absolute Gasteiger partial charge is 0.216 e. The molecule has 0 atom stereocenters. The largest absolute Gasteiger partial charge is 0.496 e. The van der Waals surface area contributed by atoms with Gasteiger partial charge < -0.3 is 4.74 Å². The molecule has 24 heavy (non-hydrogen) atoms. The van der Waals surface area contributed by atoms with Crippen molar-refractivity contribution in [2.45, 2.75) is 6.92 Å². The standard InChI is InChI=1S/C17H15BrN4OS/c1-11-4-3-5-13(8-11)16-20-21-17(24)22(16)19-10-12-6-7-15(23-2)14(18)9-12/h3-10H,1-2H3,(H,21,24). The van der Waals surface area contributed by atoms with Gasteiger partial charge in [0.05, 0.1) is 17.8 Å². The summed E-state index contributed by atoms with van der Waals surface area (Å²) in [4.78, 5) is 0. The van der Waals surface area contributed by atoms with Crippen LogP contribution in [0.15, 0.2) is 52.0 Å². The molecule has 0 spiro atoms. The van der Waals surface area contributed by atoms with Crippen molar-refractivity contribution in [3.63, 3.8) is 0 Å².